The maximum absolute atomic E-state index is 11.8. The van der Waals surface area contributed by atoms with E-state index in [9.17, 15) is 13.2 Å². The van der Waals surface area contributed by atoms with Crippen LogP contribution >= 0.6 is 11.6 Å². The standard InChI is InChI=1S/C14H19ClN2O4S/c1-2-21-14(18)17-13-9-22(19,20)8-12(13)16-7-10-5-3-4-6-11(10)15/h3-6,12-13,16H,2,7-9H2,1H3,(H,17,18)/t12-,13-/m0/s1. The summed E-state index contributed by atoms with van der Waals surface area (Å²) in [6.07, 6.45) is -0.603. The Kier molecular flexibility index (Phi) is 5.66. The summed E-state index contributed by atoms with van der Waals surface area (Å²) < 4.78 is 28.4. The van der Waals surface area contributed by atoms with E-state index >= 15 is 0 Å². The summed E-state index contributed by atoms with van der Waals surface area (Å²) in [5.74, 6) is -0.111. The van der Waals surface area contributed by atoms with E-state index < -0.39 is 22.0 Å². The average Bonchev–Trinajstić information content (AvgIpc) is 2.72. The van der Waals surface area contributed by atoms with Crippen LogP contribution in [-0.4, -0.2) is 44.7 Å². The molecule has 0 saturated carbocycles. The quantitative estimate of drug-likeness (QED) is 0.840. The lowest BCUT2D eigenvalue weighted by Crippen LogP contribution is -2.49. The number of carbonyl (C=O) groups excluding carboxylic acids is 1. The fourth-order valence-corrected chi connectivity index (χ4v) is 4.50. The van der Waals surface area contributed by atoms with E-state index in [1.54, 1.807) is 13.0 Å². The lowest BCUT2D eigenvalue weighted by Gasteiger charge is -2.20. The third-order valence-corrected chi connectivity index (χ3v) is 5.55. The predicted octanol–water partition coefficient (Wildman–Crippen LogP) is 1.34. The van der Waals surface area contributed by atoms with Crippen molar-refractivity contribution in [3.63, 3.8) is 0 Å². The van der Waals surface area contributed by atoms with Crippen LogP contribution in [0.4, 0.5) is 4.79 Å². The number of hydrogen-bond acceptors (Lipinski definition) is 5. The minimum Gasteiger partial charge on any atom is -0.450 e. The van der Waals surface area contributed by atoms with Crippen molar-refractivity contribution in [2.75, 3.05) is 18.1 Å². The molecule has 1 aromatic carbocycles. The van der Waals surface area contributed by atoms with Gasteiger partial charge in [-0.1, -0.05) is 29.8 Å². The van der Waals surface area contributed by atoms with Gasteiger partial charge in [-0.2, -0.15) is 0 Å². The van der Waals surface area contributed by atoms with Gasteiger partial charge in [0.05, 0.1) is 24.2 Å². The zero-order chi connectivity index (χ0) is 16.2. The number of halogens is 1. The summed E-state index contributed by atoms with van der Waals surface area (Å²) in [6, 6.07) is 6.46. The molecule has 1 fully saturated rings. The molecule has 0 aromatic heterocycles. The van der Waals surface area contributed by atoms with Gasteiger partial charge in [0.2, 0.25) is 0 Å². The van der Waals surface area contributed by atoms with Crippen LogP contribution in [0.5, 0.6) is 0 Å². The fourth-order valence-electron chi connectivity index (χ4n) is 2.40. The molecule has 1 heterocycles. The number of nitrogens with one attached hydrogen (secondary N) is 2. The van der Waals surface area contributed by atoms with Crippen molar-refractivity contribution >= 4 is 27.5 Å². The molecule has 22 heavy (non-hydrogen) atoms. The van der Waals surface area contributed by atoms with Crippen LogP contribution in [0.3, 0.4) is 0 Å². The number of alkyl carbamates (subject to hydrolysis) is 1. The van der Waals surface area contributed by atoms with Crippen LogP contribution in [0.1, 0.15) is 12.5 Å². The van der Waals surface area contributed by atoms with Gasteiger partial charge in [0.1, 0.15) is 0 Å². The summed E-state index contributed by atoms with van der Waals surface area (Å²) in [4.78, 5) is 11.5. The van der Waals surface area contributed by atoms with Crippen LogP contribution < -0.4 is 10.6 Å². The molecule has 6 nitrogen and oxygen atoms in total. The van der Waals surface area contributed by atoms with E-state index in [1.165, 1.54) is 0 Å². The average molecular weight is 347 g/mol. The first-order valence-electron chi connectivity index (χ1n) is 7.02. The van der Waals surface area contributed by atoms with E-state index in [-0.39, 0.29) is 24.2 Å². The maximum Gasteiger partial charge on any atom is 0.407 e. The molecule has 0 bridgehead atoms. The Bertz CT molecular complexity index is 635. The molecule has 1 aliphatic rings. The number of amides is 1. The Morgan fingerprint density at radius 1 is 1.32 bits per heavy atom. The van der Waals surface area contributed by atoms with Gasteiger partial charge < -0.3 is 15.4 Å². The molecule has 1 amide bonds. The topological polar surface area (TPSA) is 84.5 Å². The molecule has 1 aliphatic heterocycles. The highest BCUT2D eigenvalue weighted by atomic mass is 35.5. The molecule has 0 spiro atoms. The van der Waals surface area contributed by atoms with Gasteiger partial charge in [0.25, 0.3) is 0 Å². The Balaban J connectivity index is 2.00. The van der Waals surface area contributed by atoms with Crippen LogP contribution in [0.2, 0.25) is 5.02 Å². The van der Waals surface area contributed by atoms with Crippen molar-refractivity contribution in [3.05, 3.63) is 34.9 Å². The van der Waals surface area contributed by atoms with Crippen molar-refractivity contribution in [2.24, 2.45) is 0 Å². The second-order valence-corrected chi connectivity index (χ2v) is 7.69. The smallest absolute Gasteiger partial charge is 0.407 e. The van der Waals surface area contributed by atoms with Gasteiger partial charge in [-0.15, -0.1) is 0 Å². The van der Waals surface area contributed by atoms with Gasteiger partial charge in [-0.05, 0) is 18.6 Å². The molecule has 2 rings (SSSR count). The number of benzene rings is 1. The minimum atomic E-state index is -3.19. The van der Waals surface area contributed by atoms with Gasteiger partial charge in [-0.3, -0.25) is 0 Å². The minimum absolute atomic E-state index is 0.0193. The first-order valence-corrected chi connectivity index (χ1v) is 9.21. The summed E-state index contributed by atoms with van der Waals surface area (Å²) in [7, 11) is -3.19. The monoisotopic (exact) mass is 346 g/mol. The molecule has 2 N–H and O–H groups in total. The Hall–Kier alpha value is -1.31. The molecular weight excluding hydrogens is 328 g/mol. The first kappa shape index (κ1) is 17.1. The predicted molar refractivity (Wildman–Crippen MR) is 84.7 cm³/mol. The number of rotatable bonds is 5. The number of ether oxygens (including phenoxy) is 1. The van der Waals surface area contributed by atoms with Crippen molar-refractivity contribution < 1.29 is 17.9 Å². The molecule has 0 unspecified atom stereocenters. The molecule has 8 heteroatoms. The molecule has 0 aliphatic carbocycles. The lowest BCUT2D eigenvalue weighted by molar-refractivity contribution is 0.147. The van der Waals surface area contributed by atoms with Crippen LogP contribution in [0.15, 0.2) is 24.3 Å². The van der Waals surface area contributed by atoms with E-state index in [1.807, 2.05) is 18.2 Å². The van der Waals surface area contributed by atoms with Gasteiger partial charge >= 0.3 is 6.09 Å². The Morgan fingerprint density at radius 2 is 2.00 bits per heavy atom. The summed E-state index contributed by atoms with van der Waals surface area (Å²) in [5, 5.41) is 6.38. The largest absolute Gasteiger partial charge is 0.450 e. The van der Waals surface area contributed by atoms with E-state index in [4.69, 9.17) is 16.3 Å². The van der Waals surface area contributed by atoms with Gasteiger partial charge in [0.15, 0.2) is 9.84 Å². The third kappa shape index (κ3) is 4.59. The molecule has 122 valence electrons. The second-order valence-electron chi connectivity index (χ2n) is 5.13. The molecular formula is C14H19ClN2O4S. The van der Waals surface area contributed by atoms with Gasteiger partial charge in [-0.25, -0.2) is 13.2 Å². The van der Waals surface area contributed by atoms with E-state index in [2.05, 4.69) is 10.6 Å². The zero-order valence-electron chi connectivity index (χ0n) is 12.2. The van der Waals surface area contributed by atoms with Crippen molar-refractivity contribution in [1.29, 1.82) is 0 Å². The lowest BCUT2D eigenvalue weighted by atomic mass is 10.1. The molecule has 1 aromatic rings. The number of hydrogen-bond donors (Lipinski definition) is 2. The Labute approximate surface area is 135 Å². The first-order chi connectivity index (χ1) is 10.4. The summed E-state index contributed by atoms with van der Waals surface area (Å²) in [6.45, 7) is 2.36. The fraction of sp³-hybridized carbons (Fsp3) is 0.500. The molecule has 0 radical (unpaired) electrons. The highest BCUT2D eigenvalue weighted by Gasteiger charge is 2.38. The van der Waals surface area contributed by atoms with Crippen molar-refractivity contribution in [3.8, 4) is 0 Å². The highest BCUT2D eigenvalue weighted by Crippen LogP contribution is 2.17. The third-order valence-electron chi connectivity index (χ3n) is 3.44. The molecule has 2 atom stereocenters. The van der Waals surface area contributed by atoms with Crippen molar-refractivity contribution in [2.45, 2.75) is 25.6 Å². The van der Waals surface area contributed by atoms with Crippen LogP contribution in [-0.2, 0) is 21.1 Å². The summed E-state index contributed by atoms with van der Waals surface area (Å²) >= 11 is 6.08. The highest BCUT2D eigenvalue weighted by molar-refractivity contribution is 7.91. The maximum atomic E-state index is 11.8. The SMILES string of the molecule is CCOC(=O)N[C@H]1CS(=O)(=O)C[C@@H]1NCc1ccccc1Cl. The Morgan fingerprint density at radius 3 is 2.68 bits per heavy atom. The van der Waals surface area contributed by atoms with Crippen LogP contribution in [0.25, 0.3) is 0 Å². The van der Waals surface area contributed by atoms with Crippen LogP contribution in [0, 0.1) is 0 Å². The van der Waals surface area contributed by atoms with E-state index in [0.717, 1.165) is 5.56 Å². The van der Waals surface area contributed by atoms with Gasteiger partial charge in [0, 0.05) is 17.6 Å². The second kappa shape index (κ2) is 7.30. The normalized spacial score (nSPS) is 23.2. The zero-order valence-corrected chi connectivity index (χ0v) is 13.8. The summed E-state index contributed by atoms with van der Waals surface area (Å²) in [5.41, 5.74) is 0.878. The number of carbonyl (C=O) groups is 1. The molecule has 1 saturated heterocycles. The van der Waals surface area contributed by atoms with E-state index in [0.29, 0.717) is 11.6 Å². The number of sulfone groups is 1. The van der Waals surface area contributed by atoms with Crippen molar-refractivity contribution in [1.82, 2.24) is 10.6 Å².